The maximum Gasteiger partial charge on any atom is 0.349 e. The molecule has 0 saturated carbocycles. The lowest BCUT2D eigenvalue weighted by Crippen LogP contribution is -2.37. The van der Waals surface area contributed by atoms with Crippen LogP contribution in [0.1, 0.15) is 41.6 Å². The number of anilines is 1. The van der Waals surface area contributed by atoms with Crippen molar-refractivity contribution in [1.29, 1.82) is 0 Å². The van der Waals surface area contributed by atoms with Crippen LogP contribution in [0.5, 0.6) is 0 Å². The summed E-state index contributed by atoms with van der Waals surface area (Å²) in [5.41, 5.74) is 5.27. The van der Waals surface area contributed by atoms with Crippen molar-refractivity contribution < 1.29 is 4.79 Å². The van der Waals surface area contributed by atoms with Gasteiger partial charge in [-0.25, -0.2) is 4.79 Å². The summed E-state index contributed by atoms with van der Waals surface area (Å²) in [5, 5.41) is 0.731. The molecule has 1 aliphatic carbocycles. The Morgan fingerprint density at radius 3 is 2.69 bits per heavy atom. The molecule has 0 radical (unpaired) electrons. The smallest absolute Gasteiger partial charge is 0.311 e. The number of benzene rings is 1. The maximum atomic E-state index is 13.1. The second-order valence-corrected chi connectivity index (χ2v) is 9.30. The monoisotopic (exact) mass is 446 g/mol. The third kappa shape index (κ3) is 4.21. The van der Waals surface area contributed by atoms with E-state index >= 15 is 0 Å². The molecule has 3 heterocycles. The first kappa shape index (κ1) is 20.9. The fourth-order valence-corrected chi connectivity index (χ4v) is 5.65. The summed E-state index contributed by atoms with van der Waals surface area (Å²) in [6, 6.07) is 12.0. The molecule has 0 N–H and O–H groups in total. The van der Waals surface area contributed by atoms with Crippen LogP contribution in [0.2, 0.25) is 0 Å². The Labute approximate surface area is 191 Å². The highest BCUT2D eigenvalue weighted by atomic mass is 32.2. The van der Waals surface area contributed by atoms with Crippen molar-refractivity contribution in [1.82, 2.24) is 14.5 Å². The van der Waals surface area contributed by atoms with Gasteiger partial charge < -0.3 is 4.90 Å². The molecule has 0 fully saturated rings. The predicted octanol–water partition coefficient (Wildman–Crippen LogP) is 3.64. The zero-order valence-corrected chi connectivity index (χ0v) is 18.8. The number of hydrogen-bond acceptors (Lipinski definition) is 5. The summed E-state index contributed by atoms with van der Waals surface area (Å²) >= 11 is 1.41. The van der Waals surface area contributed by atoms with Gasteiger partial charge in [0.05, 0.1) is 12.3 Å². The number of aromatic nitrogens is 3. The van der Waals surface area contributed by atoms with Crippen molar-refractivity contribution in [2.75, 3.05) is 17.2 Å². The molecule has 0 atom stereocenters. The van der Waals surface area contributed by atoms with Gasteiger partial charge in [-0.05, 0) is 67.9 Å². The molecule has 1 aromatic carbocycles. The van der Waals surface area contributed by atoms with E-state index in [0.717, 1.165) is 72.6 Å². The maximum absolute atomic E-state index is 13.1. The standard InChI is InChI=1S/C25H26N4O2S/c30-23(28-15-5-7-19-6-1-3-9-21(19)28)17-32-24-20-8-2-4-10-22(20)29(25(31)27-24)16-18-11-13-26-14-12-18/h1,3,6,9,11-14H,2,4-5,7-8,10,15-17H2. The number of pyridine rings is 1. The minimum Gasteiger partial charge on any atom is -0.311 e. The summed E-state index contributed by atoms with van der Waals surface area (Å²) in [7, 11) is 0. The van der Waals surface area contributed by atoms with Crippen LogP contribution in [0.3, 0.4) is 0 Å². The summed E-state index contributed by atoms with van der Waals surface area (Å²) in [5.74, 6) is 0.371. The number of carbonyl (C=O) groups is 1. The number of amides is 1. The molecular weight excluding hydrogens is 420 g/mol. The molecule has 6 nitrogen and oxygen atoms in total. The van der Waals surface area contributed by atoms with Crippen LogP contribution in [0, 0.1) is 0 Å². The van der Waals surface area contributed by atoms with Gasteiger partial charge in [0.25, 0.3) is 0 Å². The van der Waals surface area contributed by atoms with Crippen LogP contribution in [-0.4, -0.2) is 32.7 Å². The molecule has 32 heavy (non-hydrogen) atoms. The molecule has 0 bridgehead atoms. The van der Waals surface area contributed by atoms with Crippen molar-refractivity contribution in [3.05, 3.63) is 81.7 Å². The topological polar surface area (TPSA) is 68.1 Å². The van der Waals surface area contributed by atoms with E-state index in [0.29, 0.717) is 12.3 Å². The number of fused-ring (bicyclic) bond motifs is 2. The molecule has 164 valence electrons. The number of carbonyl (C=O) groups excluding carboxylic acids is 1. The van der Waals surface area contributed by atoms with Crippen molar-refractivity contribution >= 4 is 23.4 Å². The first-order chi connectivity index (χ1) is 15.7. The van der Waals surface area contributed by atoms with Crippen LogP contribution in [0.15, 0.2) is 58.6 Å². The first-order valence-electron chi connectivity index (χ1n) is 11.2. The Morgan fingerprint density at radius 1 is 1.00 bits per heavy atom. The number of aryl methyl sites for hydroxylation is 1. The third-order valence-electron chi connectivity index (χ3n) is 6.28. The van der Waals surface area contributed by atoms with Gasteiger partial charge in [-0.3, -0.25) is 14.3 Å². The fraction of sp³-hybridized carbons (Fsp3) is 0.360. The molecular formula is C25H26N4O2S. The number of thioether (sulfide) groups is 1. The molecule has 0 unspecified atom stereocenters. The molecule has 7 heteroatoms. The highest BCUT2D eigenvalue weighted by molar-refractivity contribution is 8.00. The van der Waals surface area contributed by atoms with Crippen LogP contribution in [0.25, 0.3) is 0 Å². The van der Waals surface area contributed by atoms with Crippen LogP contribution in [-0.2, 0) is 30.6 Å². The van der Waals surface area contributed by atoms with E-state index in [2.05, 4.69) is 16.0 Å². The van der Waals surface area contributed by atoms with Crippen LogP contribution in [0.4, 0.5) is 5.69 Å². The Hall–Kier alpha value is -2.93. The molecule has 5 rings (SSSR count). The van der Waals surface area contributed by atoms with Gasteiger partial charge in [0, 0.05) is 35.9 Å². The fourth-order valence-electron chi connectivity index (χ4n) is 4.70. The number of rotatable bonds is 5. The van der Waals surface area contributed by atoms with E-state index in [9.17, 15) is 9.59 Å². The number of hydrogen-bond donors (Lipinski definition) is 0. The first-order valence-corrected chi connectivity index (χ1v) is 12.2. The van der Waals surface area contributed by atoms with Crippen molar-refractivity contribution in [2.45, 2.75) is 50.1 Å². The highest BCUT2D eigenvalue weighted by Gasteiger charge is 2.25. The van der Waals surface area contributed by atoms with Crippen LogP contribution >= 0.6 is 11.8 Å². The summed E-state index contributed by atoms with van der Waals surface area (Å²) < 4.78 is 1.80. The van der Waals surface area contributed by atoms with E-state index < -0.39 is 0 Å². The van der Waals surface area contributed by atoms with Gasteiger partial charge in [0.2, 0.25) is 5.91 Å². The lowest BCUT2D eigenvalue weighted by molar-refractivity contribution is -0.116. The van der Waals surface area contributed by atoms with Crippen molar-refractivity contribution in [3.8, 4) is 0 Å². The molecule has 1 aliphatic heterocycles. The average molecular weight is 447 g/mol. The van der Waals surface area contributed by atoms with Crippen molar-refractivity contribution in [3.63, 3.8) is 0 Å². The Kier molecular flexibility index (Phi) is 6.08. The quantitative estimate of drug-likeness (QED) is 0.442. The van der Waals surface area contributed by atoms with E-state index in [-0.39, 0.29) is 11.6 Å². The molecule has 1 amide bonds. The van der Waals surface area contributed by atoms with Crippen LogP contribution < -0.4 is 10.6 Å². The molecule has 0 spiro atoms. The predicted molar refractivity (Wildman–Crippen MR) is 126 cm³/mol. The summed E-state index contributed by atoms with van der Waals surface area (Å²) in [6.07, 6.45) is 9.42. The second kappa shape index (κ2) is 9.28. The summed E-state index contributed by atoms with van der Waals surface area (Å²) in [6.45, 7) is 1.25. The van der Waals surface area contributed by atoms with E-state index in [4.69, 9.17) is 0 Å². The van der Waals surface area contributed by atoms with E-state index in [1.54, 1.807) is 17.0 Å². The second-order valence-electron chi connectivity index (χ2n) is 8.34. The zero-order valence-electron chi connectivity index (χ0n) is 18.0. The van der Waals surface area contributed by atoms with Gasteiger partial charge in [0.15, 0.2) is 0 Å². The van der Waals surface area contributed by atoms with E-state index in [1.807, 2.05) is 35.2 Å². The largest absolute Gasteiger partial charge is 0.349 e. The van der Waals surface area contributed by atoms with Gasteiger partial charge in [-0.1, -0.05) is 30.0 Å². The molecule has 3 aromatic rings. The molecule has 2 aromatic heterocycles. The Bertz CT molecular complexity index is 1190. The van der Waals surface area contributed by atoms with Gasteiger partial charge in [-0.2, -0.15) is 4.98 Å². The van der Waals surface area contributed by atoms with Gasteiger partial charge >= 0.3 is 5.69 Å². The van der Waals surface area contributed by atoms with Crippen molar-refractivity contribution in [2.24, 2.45) is 0 Å². The molecule has 2 aliphatic rings. The highest BCUT2D eigenvalue weighted by Crippen LogP contribution is 2.31. The lowest BCUT2D eigenvalue weighted by atomic mass is 9.97. The number of nitrogens with zero attached hydrogens (tertiary/aromatic N) is 4. The lowest BCUT2D eigenvalue weighted by Gasteiger charge is -2.29. The van der Waals surface area contributed by atoms with E-state index in [1.165, 1.54) is 17.3 Å². The normalized spacial score (nSPS) is 15.2. The minimum absolute atomic E-state index is 0.0782. The average Bonchev–Trinajstić information content (AvgIpc) is 2.84. The minimum atomic E-state index is -0.235. The Morgan fingerprint density at radius 2 is 1.81 bits per heavy atom. The summed E-state index contributed by atoms with van der Waals surface area (Å²) in [4.78, 5) is 36.4. The third-order valence-corrected chi connectivity index (χ3v) is 7.29. The number of para-hydroxylation sites is 1. The van der Waals surface area contributed by atoms with Gasteiger partial charge in [0.1, 0.15) is 5.03 Å². The Balaban J connectivity index is 1.38. The SMILES string of the molecule is O=C(CSc1nc(=O)n(Cc2ccncc2)c2c1CCCC2)N1CCCc2ccccc21. The molecule has 0 saturated heterocycles. The zero-order chi connectivity index (χ0) is 21.9. The van der Waals surface area contributed by atoms with Gasteiger partial charge in [-0.15, -0.1) is 0 Å².